The molecule has 0 aliphatic heterocycles. The molecule has 6 nitrogen and oxygen atoms in total. The Morgan fingerprint density at radius 1 is 1.07 bits per heavy atom. The third-order valence-electron chi connectivity index (χ3n) is 3.72. The predicted molar refractivity (Wildman–Crippen MR) is 116 cm³/mol. The third-order valence-corrected chi connectivity index (χ3v) is 4.80. The lowest BCUT2D eigenvalue weighted by molar-refractivity contribution is -0.385. The second-order valence-electron chi connectivity index (χ2n) is 5.73. The summed E-state index contributed by atoms with van der Waals surface area (Å²) < 4.78 is 6.10. The van der Waals surface area contributed by atoms with E-state index in [1.165, 1.54) is 36.5 Å². The Balaban J connectivity index is 1.85. The van der Waals surface area contributed by atoms with E-state index in [0.29, 0.717) is 16.3 Å². The van der Waals surface area contributed by atoms with Gasteiger partial charge in [0.2, 0.25) is 5.75 Å². The van der Waals surface area contributed by atoms with Crippen molar-refractivity contribution in [2.24, 2.45) is 4.99 Å². The number of carbonyl (C=O) groups excluding carboxylic acids is 1. The fraction of sp³-hybridized carbons (Fsp3) is 0. The Labute approximate surface area is 184 Å². The monoisotopic (exact) mass is 492 g/mol. The van der Waals surface area contributed by atoms with Crippen LogP contribution in [0.25, 0.3) is 0 Å². The highest BCUT2D eigenvalue weighted by Gasteiger charge is 2.21. The number of nitro benzene ring substituents is 1. The van der Waals surface area contributed by atoms with E-state index in [-0.39, 0.29) is 22.0 Å². The van der Waals surface area contributed by atoms with E-state index in [2.05, 4.69) is 20.9 Å². The fourth-order valence-corrected chi connectivity index (χ4v) is 3.08. The third kappa shape index (κ3) is 5.41. The van der Waals surface area contributed by atoms with Crippen molar-refractivity contribution < 1.29 is 14.5 Å². The molecule has 0 spiro atoms. The molecule has 0 bridgehead atoms. The predicted octanol–water partition coefficient (Wildman–Crippen LogP) is 6.63. The van der Waals surface area contributed by atoms with Crippen LogP contribution in [0.2, 0.25) is 10.0 Å². The van der Waals surface area contributed by atoms with E-state index in [1.807, 2.05) is 12.1 Å². The van der Waals surface area contributed by atoms with Crippen molar-refractivity contribution in [1.29, 1.82) is 0 Å². The number of benzene rings is 3. The molecule has 0 heterocycles. The Bertz CT molecular complexity index is 1120. The molecular weight excluding hydrogens is 483 g/mol. The molecule has 9 heteroatoms. The van der Waals surface area contributed by atoms with Gasteiger partial charge in [-0.2, -0.15) is 0 Å². The average molecular weight is 494 g/mol. The molecule has 0 aliphatic rings. The van der Waals surface area contributed by atoms with E-state index in [4.69, 9.17) is 27.9 Å². The van der Waals surface area contributed by atoms with E-state index in [9.17, 15) is 14.9 Å². The summed E-state index contributed by atoms with van der Waals surface area (Å²) in [7, 11) is 0. The van der Waals surface area contributed by atoms with E-state index in [0.717, 1.165) is 4.47 Å². The van der Waals surface area contributed by atoms with Gasteiger partial charge in [0.1, 0.15) is 0 Å². The minimum absolute atomic E-state index is 0.0474. The smallest absolute Gasteiger partial charge is 0.345 e. The standard InChI is InChI=1S/C20H11BrCl2N2O4/c21-13-2-5-15(6-3-13)24-11-12-1-8-19(18(9-12)25(27)28)29-20(26)16-7-4-14(22)10-17(16)23/h1-11H. The van der Waals surface area contributed by atoms with Crippen LogP contribution < -0.4 is 4.74 Å². The Hall–Kier alpha value is -2.74. The minimum atomic E-state index is -0.828. The molecule has 0 aromatic heterocycles. The first-order chi connectivity index (χ1) is 13.8. The summed E-state index contributed by atoms with van der Waals surface area (Å²) >= 11 is 15.1. The normalized spacial score (nSPS) is 10.9. The fourth-order valence-electron chi connectivity index (χ4n) is 2.33. The van der Waals surface area contributed by atoms with Crippen molar-refractivity contribution in [3.63, 3.8) is 0 Å². The summed E-state index contributed by atoms with van der Waals surface area (Å²) in [5.74, 6) is -1.03. The van der Waals surface area contributed by atoms with Gasteiger partial charge in [0, 0.05) is 21.8 Å². The van der Waals surface area contributed by atoms with Gasteiger partial charge in [-0.3, -0.25) is 15.1 Å². The average Bonchev–Trinajstić information content (AvgIpc) is 2.68. The lowest BCUT2D eigenvalue weighted by atomic mass is 10.2. The Kier molecular flexibility index (Phi) is 6.64. The van der Waals surface area contributed by atoms with E-state index < -0.39 is 10.9 Å². The van der Waals surface area contributed by atoms with Crippen LogP contribution >= 0.6 is 39.1 Å². The molecule has 0 fully saturated rings. The van der Waals surface area contributed by atoms with E-state index in [1.54, 1.807) is 18.2 Å². The Morgan fingerprint density at radius 3 is 2.45 bits per heavy atom. The van der Waals surface area contributed by atoms with Gasteiger partial charge in [-0.25, -0.2) is 4.79 Å². The number of rotatable bonds is 5. The lowest BCUT2D eigenvalue weighted by Crippen LogP contribution is -2.10. The minimum Gasteiger partial charge on any atom is -0.416 e. The summed E-state index contributed by atoms with van der Waals surface area (Å²) in [6.07, 6.45) is 1.48. The zero-order valence-corrected chi connectivity index (χ0v) is 17.6. The van der Waals surface area contributed by atoms with Crippen LogP contribution in [-0.4, -0.2) is 17.1 Å². The summed E-state index contributed by atoms with van der Waals surface area (Å²) in [6, 6.07) is 15.7. The van der Waals surface area contributed by atoms with Gasteiger partial charge in [-0.1, -0.05) is 39.1 Å². The molecular formula is C20H11BrCl2N2O4. The molecule has 29 heavy (non-hydrogen) atoms. The molecule has 0 aliphatic carbocycles. The zero-order valence-electron chi connectivity index (χ0n) is 14.5. The molecule has 0 radical (unpaired) electrons. The van der Waals surface area contributed by atoms with Gasteiger partial charge < -0.3 is 4.74 Å². The van der Waals surface area contributed by atoms with Crippen molar-refractivity contribution >= 4 is 62.7 Å². The maximum Gasteiger partial charge on any atom is 0.345 e. The van der Waals surface area contributed by atoms with Crippen molar-refractivity contribution in [1.82, 2.24) is 0 Å². The highest BCUT2D eigenvalue weighted by molar-refractivity contribution is 9.10. The SMILES string of the molecule is O=C(Oc1ccc(C=Nc2ccc(Br)cc2)cc1[N+](=O)[O-])c1ccc(Cl)cc1Cl. The first kappa shape index (κ1) is 21.0. The van der Waals surface area contributed by atoms with Crippen molar-refractivity contribution in [2.45, 2.75) is 0 Å². The highest BCUT2D eigenvalue weighted by Crippen LogP contribution is 2.30. The van der Waals surface area contributed by atoms with Crippen molar-refractivity contribution in [3.05, 3.63) is 96.4 Å². The lowest BCUT2D eigenvalue weighted by Gasteiger charge is -2.07. The second-order valence-corrected chi connectivity index (χ2v) is 7.49. The molecule has 0 unspecified atom stereocenters. The van der Waals surface area contributed by atoms with Gasteiger partial charge in [0.05, 0.1) is 21.2 Å². The van der Waals surface area contributed by atoms with Gasteiger partial charge >= 0.3 is 11.7 Å². The Morgan fingerprint density at radius 2 is 1.79 bits per heavy atom. The molecule has 0 amide bonds. The van der Waals surface area contributed by atoms with Gasteiger partial charge in [-0.05, 0) is 60.2 Å². The number of esters is 1. The first-order valence-corrected chi connectivity index (χ1v) is 9.63. The van der Waals surface area contributed by atoms with Crippen LogP contribution in [-0.2, 0) is 0 Å². The highest BCUT2D eigenvalue weighted by atomic mass is 79.9. The van der Waals surface area contributed by atoms with Gasteiger partial charge in [-0.15, -0.1) is 0 Å². The van der Waals surface area contributed by atoms with Gasteiger partial charge in [0.15, 0.2) is 0 Å². The summed E-state index contributed by atoms with van der Waals surface area (Å²) in [5, 5.41) is 11.9. The van der Waals surface area contributed by atoms with E-state index >= 15 is 0 Å². The number of nitro groups is 1. The topological polar surface area (TPSA) is 81.8 Å². The number of nitrogens with zero attached hydrogens (tertiary/aromatic N) is 2. The maximum absolute atomic E-state index is 12.3. The molecule has 3 aromatic rings. The van der Waals surface area contributed by atoms with Crippen molar-refractivity contribution in [3.8, 4) is 5.75 Å². The van der Waals surface area contributed by atoms with Gasteiger partial charge in [0.25, 0.3) is 0 Å². The molecule has 0 saturated heterocycles. The second kappa shape index (κ2) is 9.17. The number of carbonyl (C=O) groups is 1. The zero-order chi connectivity index (χ0) is 21.0. The summed E-state index contributed by atoms with van der Waals surface area (Å²) in [6.45, 7) is 0. The van der Waals surface area contributed by atoms with Crippen LogP contribution in [0.3, 0.4) is 0 Å². The van der Waals surface area contributed by atoms with Crippen LogP contribution in [0, 0.1) is 10.1 Å². The first-order valence-electron chi connectivity index (χ1n) is 8.09. The number of halogens is 3. The largest absolute Gasteiger partial charge is 0.416 e. The molecule has 3 aromatic carbocycles. The van der Waals surface area contributed by atoms with Crippen LogP contribution in [0.5, 0.6) is 5.75 Å². The van der Waals surface area contributed by atoms with Crippen molar-refractivity contribution in [2.75, 3.05) is 0 Å². The van der Waals surface area contributed by atoms with Crippen LogP contribution in [0.1, 0.15) is 15.9 Å². The molecule has 146 valence electrons. The molecule has 3 rings (SSSR count). The quantitative estimate of drug-likeness (QED) is 0.131. The molecule has 0 saturated carbocycles. The summed E-state index contributed by atoms with van der Waals surface area (Å²) in [5.41, 5.74) is 0.835. The van der Waals surface area contributed by atoms with Crippen LogP contribution in [0.4, 0.5) is 11.4 Å². The number of aliphatic imine (C=N–C) groups is 1. The maximum atomic E-state index is 12.3. The number of hydrogen-bond acceptors (Lipinski definition) is 5. The molecule has 0 atom stereocenters. The molecule has 0 N–H and O–H groups in total. The van der Waals surface area contributed by atoms with Crippen LogP contribution in [0.15, 0.2) is 70.1 Å². The number of hydrogen-bond donors (Lipinski definition) is 0. The summed E-state index contributed by atoms with van der Waals surface area (Å²) in [4.78, 5) is 27.4. The number of ether oxygens (including phenoxy) is 1.